The van der Waals surface area contributed by atoms with Crippen LogP contribution in [0.4, 0.5) is 11.8 Å². The number of rotatable bonds is 5. The Morgan fingerprint density at radius 2 is 2.17 bits per heavy atom. The molecule has 1 saturated carbocycles. The first-order valence-electron chi connectivity index (χ1n) is 7.90. The third-order valence-corrected chi connectivity index (χ3v) is 4.01. The van der Waals surface area contributed by atoms with Crippen molar-refractivity contribution in [3.63, 3.8) is 0 Å². The maximum Gasteiger partial charge on any atom is 0.223 e. The van der Waals surface area contributed by atoms with Crippen LogP contribution >= 0.6 is 0 Å². The first-order valence-corrected chi connectivity index (χ1v) is 7.90. The lowest BCUT2D eigenvalue weighted by Crippen LogP contribution is -2.39. The standard InChI is InChI=1S/C16H21N7/c1-9(2)20-15-14-11(5-13(7-18)21-15)8-19-16(23-14)22-12-3-10(4-12)6-17/h5,8-10,12H,3-4,6,17H2,1-2H3,(H,20,21)(H,19,22,23)/t10-,12+. The number of hydrogen-bond donors (Lipinski definition) is 3. The average molecular weight is 311 g/mol. The first kappa shape index (κ1) is 15.4. The Morgan fingerprint density at radius 3 is 2.83 bits per heavy atom. The average Bonchev–Trinajstić information content (AvgIpc) is 2.49. The summed E-state index contributed by atoms with van der Waals surface area (Å²) in [5.74, 6) is 1.82. The molecule has 0 atom stereocenters. The summed E-state index contributed by atoms with van der Waals surface area (Å²) in [5, 5.41) is 16.5. The Hall–Kier alpha value is -2.46. The van der Waals surface area contributed by atoms with Gasteiger partial charge in [0.15, 0.2) is 5.82 Å². The van der Waals surface area contributed by atoms with Crippen molar-refractivity contribution in [1.82, 2.24) is 15.0 Å². The fourth-order valence-electron chi connectivity index (χ4n) is 2.77. The lowest BCUT2D eigenvalue weighted by molar-refractivity contribution is 0.290. The summed E-state index contributed by atoms with van der Waals surface area (Å²) < 4.78 is 0. The molecule has 0 radical (unpaired) electrons. The first-order chi connectivity index (χ1) is 11.1. The van der Waals surface area contributed by atoms with Crippen molar-refractivity contribution >= 4 is 22.7 Å². The molecule has 0 spiro atoms. The highest BCUT2D eigenvalue weighted by Gasteiger charge is 2.28. The van der Waals surface area contributed by atoms with Crippen LogP contribution in [0.25, 0.3) is 10.9 Å². The van der Waals surface area contributed by atoms with Crippen LogP contribution in [0.3, 0.4) is 0 Å². The fraction of sp³-hybridized carbons (Fsp3) is 0.500. The molecule has 0 aromatic carbocycles. The van der Waals surface area contributed by atoms with E-state index in [4.69, 9.17) is 11.0 Å². The Balaban J connectivity index is 1.89. The number of nitriles is 1. The van der Waals surface area contributed by atoms with Crippen molar-refractivity contribution in [2.45, 2.75) is 38.8 Å². The van der Waals surface area contributed by atoms with E-state index in [1.54, 1.807) is 12.3 Å². The van der Waals surface area contributed by atoms with Gasteiger partial charge in [-0.25, -0.2) is 15.0 Å². The Labute approximate surface area is 135 Å². The van der Waals surface area contributed by atoms with Crippen LogP contribution < -0.4 is 16.4 Å². The third-order valence-electron chi connectivity index (χ3n) is 4.01. The molecule has 0 saturated heterocycles. The number of aromatic nitrogens is 3. The van der Waals surface area contributed by atoms with Gasteiger partial charge in [0.1, 0.15) is 17.3 Å². The molecule has 120 valence electrons. The van der Waals surface area contributed by atoms with E-state index in [1.165, 1.54) is 0 Å². The van der Waals surface area contributed by atoms with Crippen LogP contribution in [0.15, 0.2) is 12.3 Å². The summed E-state index contributed by atoms with van der Waals surface area (Å²) in [4.78, 5) is 13.3. The molecular weight excluding hydrogens is 290 g/mol. The molecule has 2 aromatic rings. The number of nitrogens with zero attached hydrogens (tertiary/aromatic N) is 4. The van der Waals surface area contributed by atoms with E-state index in [2.05, 4.69) is 31.7 Å². The van der Waals surface area contributed by atoms with Gasteiger partial charge in [0.2, 0.25) is 5.95 Å². The molecule has 2 heterocycles. The second-order valence-electron chi connectivity index (χ2n) is 6.31. The number of pyridine rings is 1. The summed E-state index contributed by atoms with van der Waals surface area (Å²) in [7, 11) is 0. The maximum atomic E-state index is 9.11. The summed E-state index contributed by atoms with van der Waals surface area (Å²) in [6, 6.07) is 4.36. The largest absolute Gasteiger partial charge is 0.366 e. The minimum atomic E-state index is 0.197. The molecule has 0 bridgehead atoms. The lowest BCUT2D eigenvalue weighted by Gasteiger charge is -2.34. The van der Waals surface area contributed by atoms with Gasteiger partial charge in [0, 0.05) is 23.7 Å². The van der Waals surface area contributed by atoms with E-state index in [1.807, 2.05) is 13.8 Å². The third kappa shape index (κ3) is 3.32. The number of anilines is 2. The van der Waals surface area contributed by atoms with Crippen molar-refractivity contribution in [3.8, 4) is 6.07 Å². The van der Waals surface area contributed by atoms with Crippen molar-refractivity contribution in [1.29, 1.82) is 5.26 Å². The molecule has 2 aromatic heterocycles. The van der Waals surface area contributed by atoms with E-state index in [9.17, 15) is 0 Å². The summed E-state index contributed by atoms with van der Waals surface area (Å²) in [5.41, 5.74) is 6.74. The summed E-state index contributed by atoms with van der Waals surface area (Å²) >= 11 is 0. The van der Waals surface area contributed by atoms with Gasteiger partial charge in [0.05, 0.1) is 0 Å². The van der Waals surface area contributed by atoms with E-state index in [0.29, 0.717) is 29.4 Å². The molecular formula is C16H21N7. The highest BCUT2D eigenvalue weighted by atomic mass is 15.1. The predicted molar refractivity (Wildman–Crippen MR) is 90.0 cm³/mol. The lowest BCUT2D eigenvalue weighted by atomic mass is 9.80. The van der Waals surface area contributed by atoms with Gasteiger partial charge in [-0.1, -0.05) is 0 Å². The molecule has 23 heavy (non-hydrogen) atoms. The summed E-state index contributed by atoms with van der Waals surface area (Å²) in [6.45, 7) is 4.78. The van der Waals surface area contributed by atoms with Crippen LogP contribution in [0, 0.1) is 17.2 Å². The van der Waals surface area contributed by atoms with Gasteiger partial charge < -0.3 is 16.4 Å². The van der Waals surface area contributed by atoms with Crippen LogP contribution in [0.1, 0.15) is 32.4 Å². The Morgan fingerprint density at radius 1 is 1.39 bits per heavy atom. The quantitative estimate of drug-likeness (QED) is 0.772. The molecule has 1 aliphatic carbocycles. The molecule has 1 fully saturated rings. The molecule has 0 aliphatic heterocycles. The van der Waals surface area contributed by atoms with Gasteiger partial charge in [-0.3, -0.25) is 0 Å². The predicted octanol–water partition coefficient (Wildman–Crippen LogP) is 1.87. The number of fused-ring (bicyclic) bond motifs is 1. The summed E-state index contributed by atoms with van der Waals surface area (Å²) in [6.07, 6.45) is 3.85. The van der Waals surface area contributed by atoms with E-state index in [-0.39, 0.29) is 6.04 Å². The van der Waals surface area contributed by atoms with Crippen LogP contribution in [0.5, 0.6) is 0 Å². The molecule has 0 unspecified atom stereocenters. The molecule has 3 rings (SSSR count). The van der Waals surface area contributed by atoms with Crippen LogP contribution in [-0.4, -0.2) is 33.6 Å². The normalized spacial score (nSPS) is 20.1. The zero-order valence-corrected chi connectivity index (χ0v) is 13.4. The van der Waals surface area contributed by atoms with Crippen molar-refractivity contribution in [2.24, 2.45) is 11.7 Å². The number of nitrogens with two attached hydrogens (primary N) is 1. The second-order valence-corrected chi connectivity index (χ2v) is 6.31. The molecule has 7 nitrogen and oxygen atoms in total. The van der Waals surface area contributed by atoms with Gasteiger partial charge in [-0.15, -0.1) is 0 Å². The topological polar surface area (TPSA) is 113 Å². The molecule has 7 heteroatoms. The highest BCUT2D eigenvalue weighted by molar-refractivity contribution is 5.89. The minimum Gasteiger partial charge on any atom is -0.366 e. The monoisotopic (exact) mass is 311 g/mol. The minimum absolute atomic E-state index is 0.197. The van der Waals surface area contributed by atoms with Gasteiger partial charge in [-0.2, -0.15) is 5.26 Å². The van der Waals surface area contributed by atoms with Gasteiger partial charge in [-0.05, 0) is 45.2 Å². The van der Waals surface area contributed by atoms with E-state index < -0.39 is 0 Å². The highest BCUT2D eigenvalue weighted by Crippen LogP contribution is 2.29. The second kappa shape index (κ2) is 6.34. The van der Waals surface area contributed by atoms with Crippen molar-refractivity contribution < 1.29 is 0 Å². The zero-order chi connectivity index (χ0) is 16.4. The van der Waals surface area contributed by atoms with Gasteiger partial charge >= 0.3 is 0 Å². The van der Waals surface area contributed by atoms with Crippen molar-refractivity contribution in [2.75, 3.05) is 17.2 Å². The molecule has 0 amide bonds. The Bertz CT molecular complexity index is 744. The van der Waals surface area contributed by atoms with E-state index >= 15 is 0 Å². The SMILES string of the molecule is CC(C)Nc1nc(C#N)cc2cnc(N[C@H]3C[C@@H](CN)C3)nc12. The molecule has 1 aliphatic rings. The van der Waals surface area contributed by atoms with Gasteiger partial charge in [0.25, 0.3) is 0 Å². The zero-order valence-electron chi connectivity index (χ0n) is 13.4. The number of hydrogen-bond acceptors (Lipinski definition) is 7. The van der Waals surface area contributed by atoms with Crippen molar-refractivity contribution in [3.05, 3.63) is 18.0 Å². The van der Waals surface area contributed by atoms with Crippen LogP contribution in [-0.2, 0) is 0 Å². The number of nitrogens with one attached hydrogen (secondary N) is 2. The van der Waals surface area contributed by atoms with E-state index in [0.717, 1.165) is 30.3 Å². The van der Waals surface area contributed by atoms with Crippen LogP contribution in [0.2, 0.25) is 0 Å². The maximum absolute atomic E-state index is 9.11. The smallest absolute Gasteiger partial charge is 0.223 e. The fourth-order valence-corrected chi connectivity index (χ4v) is 2.77. The Kier molecular flexibility index (Phi) is 4.26. The molecule has 4 N–H and O–H groups in total.